The highest BCUT2D eigenvalue weighted by molar-refractivity contribution is 7.51. The third-order valence-corrected chi connectivity index (χ3v) is 6.68. The molecule has 0 saturated carbocycles. The monoisotopic (exact) mass is 518 g/mol. The molecule has 0 bridgehead atoms. The third-order valence-electron chi connectivity index (χ3n) is 5.42. The molecule has 1 aromatic carbocycles. The van der Waals surface area contributed by atoms with Crippen molar-refractivity contribution in [2.45, 2.75) is 37.3 Å². The predicted octanol–water partition coefficient (Wildman–Crippen LogP) is 0.812. The number of ether oxygens (including phenoxy) is 1. The van der Waals surface area contributed by atoms with E-state index in [0.29, 0.717) is 5.52 Å². The summed E-state index contributed by atoms with van der Waals surface area (Å²) in [6.07, 6.45) is -3.58. The fraction of sp³-hybridized carbons (Fsp3) is 0.333. The number of nitrogen functional groups attached to an aromatic ring is 1. The Morgan fingerprint density at radius 1 is 1.33 bits per heavy atom. The van der Waals surface area contributed by atoms with E-state index < -0.39 is 44.2 Å². The Morgan fingerprint density at radius 3 is 2.78 bits per heavy atom. The molecule has 0 unspecified atom stereocenters. The molecular formula is C21H23N6O8P. The number of aromatic nitrogens is 3. The molecule has 0 aliphatic carbocycles. The maximum absolute atomic E-state index is 13.3. The van der Waals surface area contributed by atoms with Crippen LogP contribution < -0.4 is 15.5 Å². The number of hydrogen-bond acceptors (Lipinski definition) is 12. The Labute approximate surface area is 204 Å². The van der Waals surface area contributed by atoms with Crippen LogP contribution in [0.2, 0.25) is 0 Å². The number of carbonyl (C=O) groups is 1. The zero-order valence-corrected chi connectivity index (χ0v) is 19.8. The maximum atomic E-state index is 13.3. The number of aliphatic hydroxyl groups excluding tert-OH is 2. The second-order valence-corrected chi connectivity index (χ2v) is 9.33. The van der Waals surface area contributed by atoms with E-state index in [4.69, 9.17) is 24.4 Å². The number of anilines is 1. The number of rotatable bonds is 9. The first-order valence-corrected chi connectivity index (χ1v) is 12.3. The summed E-state index contributed by atoms with van der Waals surface area (Å²) in [6, 6.07) is 12.8. The molecular weight excluding hydrogens is 495 g/mol. The molecule has 5 N–H and O–H groups in total. The van der Waals surface area contributed by atoms with Gasteiger partial charge in [-0.05, 0) is 29.5 Å². The molecule has 3 heterocycles. The lowest BCUT2D eigenvalue weighted by Crippen LogP contribution is -2.41. The molecule has 0 spiro atoms. The highest BCUT2D eigenvalue weighted by Gasteiger charge is 2.58. The molecule has 1 fully saturated rings. The van der Waals surface area contributed by atoms with E-state index in [-0.39, 0.29) is 23.7 Å². The van der Waals surface area contributed by atoms with Crippen LogP contribution in [0.3, 0.4) is 0 Å². The van der Waals surface area contributed by atoms with Crippen LogP contribution in [0.15, 0.2) is 48.8 Å². The summed E-state index contributed by atoms with van der Waals surface area (Å²) in [6.45, 7) is 0.909. The van der Waals surface area contributed by atoms with Gasteiger partial charge >= 0.3 is 13.7 Å². The lowest BCUT2D eigenvalue weighted by molar-refractivity contribution is -0.147. The summed E-state index contributed by atoms with van der Waals surface area (Å²) in [5.74, 6) is -0.464. The zero-order chi connectivity index (χ0) is 25.9. The van der Waals surface area contributed by atoms with Gasteiger partial charge in [-0.1, -0.05) is 25.1 Å². The van der Waals surface area contributed by atoms with Gasteiger partial charge in [0.1, 0.15) is 42.0 Å². The Bertz CT molecular complexity index is 1330. The number of nitrogens with zero attached hydrogens (tertiary/aromatic N) is 4. The highest BCUT2D eigenvalue weighted by atomic mass is 31.2. The van der Waals surface area contributed by atoms with Gasteiger partial charge in [-0.2, -0.15) is 10.4 Å². The van der Waals surface area contributed by atoms with Gasteiger partial charge in [0.15, 0.2) is 5.82 Å². The smallest absolute Gasteiger partial charge is 0.411 e. The molecule has 0 radical (unpaired) electrons. The van der Waals surface area contributed by atoms with Gasteiger partial charge < -0.3 is 30.0 Å². The molecule has 1 saturated heterocycles. The number of nitriles is 1. The number of para-hydroxylation sites is 1. The largest absolute Gasteiger partial charge is 0.491 e. The van der Waals surface area contributed by atoms with Crippen molar-refractivity contribution < 1.29 is 38.2 Å². The summed E-state index contributed by atoms with van der Waals surface area (Å²) in [7, 11) is -4.35. The average molecular weight is 518 g/mol. The van der Waals surface area contributed by atoms with E-state index in [1.165, 1.54) is 35.7 Å². The summed E-state index contributed by atoms with van der Waals surface area (Å²) in [5, 5.41) is 37.6. The summed E-state index contributed by atoms with van der Waals surface area (Å²) in [5.41, 5.74) is 4.21. The average Bonchev–Trinajstić information content (AvgIpc) is 3.43. The van der Waals surface area contributed by atoms with Crippen LogP contribution in [0, 0.1) is 11.3 Å². The summed E-state index contributed by atoms with van der Waals surface area (Å²) in [4.78, 5) is 20.2. The Kier molecular flexibility index (Phi) is 7.23. The molecule has 5 atom stereocenters. The topological polar surface area (TPSA) is 204 Å². The van der Waals surface area contributed by atoms with E-state index >= 15 is 0 Å². The minimum atomic E-state index is -4.35. The number of carbonyl (C=O) groups excluding carboxylic acids is 1. The van der Waals surface area contributed by atoms with E-state index in [0.717, 1.165) is 6.33 Å². The van der Waals surface area contributed by atoms with Gasteiger partial charge in [0.25, 0.3) is 0 Å². The molecule has 2 aromatic heterocycles. The van der Waals surface area contributed by atoms with E-state index in [1.54, 1.807) is 18.2 Å². The van der Waals surface area contributed by atoms with Gasteiger partial charge in [-0.15, -0.1) is 0 Å². The number of fused-ring (bicyclic) bond motifs is 1. The first-order valence-electron chi connectivity index (χ1n) is 10.7. The van der Waals surface area contributed by atoms with Gasteiger partial charge in [0.2, 0.25) is 5.60 Å². The molecule has 0 amide bonds. The Balaban J connectivity index is 1.57. The maximum Gasteiger partial charge on any atom is 0.491 e. The van der Waals surface area contributed by atoms with E-state index in [2.05, 4.69) is 10.1 Å². The van der Waals surface area contributed by atoms with Gasteiger partial charge in [0, 0.05) is 6.42 Å². The van der Waals surface area contributed by atoms with Crippen LogP contribution in [0.1, 0.15) is 19.0 Å². The van der Waals surface area contributed by atoms with Crippen LogP contribution in [0.5, 0.6) is 5.75 Å². The zero-order valence-electron chi connectivity index (χ0n) is 18.9. The lowest BCUT2D eigenvalue weighted by atomic mass is 9.92. The van der Waals surface area contributed by atoms with Crippen molar-refractivity contribution >= 4 is 25.1 Å². The predicted molar refractivity (Wildman–Crippen MR) is 122 cm³/mol. The van der Waals surface area contributed by atoms with Gasteiger partial charge in [-0.25, -0.2) is 14.1 Å². The first-order chi connectivity index (χ1) is 17.2. The van der Waals surface area contributed by atoms with E-state index in [1.807, 2.05) is 11.3 Å². The van der Waals surface area contributed by atoms with Gasteiger partial charge in [0.05, 0.1) is 12.3 Å². The molecule has 14 nitrogen and oxygen atoms in total. The van der Waals surface area contributed by atoms with Crippen LogP contribution >= 0.6 is 7.75 Å². The van der Waals surface area contributed by atoms with E-state index in [9.17, 15) is 24.8 Å². The fourth-order valence-corrected chi connectivity index (χ4v) is 4.69. The minimum absolute atomic E-state index is 0.0149. The van der Waals surface area contributed by atoms with Crippen molar-refractivity contribution in [3.8, 4) is 11.8 Å². The van der Waals surface area contributed by atoms with Crippen LogP contribution in [0.25, 0.3) is 5.52 Å². The molecule has 190 valence electrons. The second kappa shape index (κ2) is 10.2. The second-order valence-electron chi connectivity index (χ2n) is 7.72. The molecule has 36 heavy (non-hydrogen) atoms. The number of aliphatic hydroxyl groups is 2. The van der Waals surface area contributed by atoms with Crippen molar-refractivity contribution in [1.29, 1.82) is 5.26 Å². The fourth-order valence-electron chi connectivity index (χ4n) is 3.59. The molecule has 3 aromatic rings. The third kappa shape index (κ3) is 4.76. The number of nitrogens with two attached hydrogens (primary N) is 1. The molecule has 1 aliphatic rings. The van der Waals surface area contributed by atoms with Crippen LogP contribution in [-0.2, 0) is 29.1 Å². The Morgan fingerprint density at radius 2 is 2.08 bits per heavy atom. The lowest BCUT2D eigenvalue weighted by Gasteiger charge is -2.24. The SMILES string of the molecule is CCC(=O)ON[P@](=O)(OC[C@H]1O[C@@](C#N)(c2ccc3c(N)ncnn23)[C@H](O)[C@@H]1O)Oc1ccccc1. The Hall–Kier alpha value is -3.57. The van der Waals surface area contributed by atoms with Gasteiger partial charge in [-0.3, -0.25) is 9.32 Å². The molecule has 1 aliphatic heterocycles. The number of hydrogen-bond donors (Lipinski definition) is 4. The number of nitrogens with one attached hydrogen (secondary N) is 1. The van der Waals surface area contributed by atoms with Crippen molar-refractivity contribution in [2.24, 2.45) is 0 Å². The summed E-state index contributed by atoms with van der Waals surface area (Å²) >= 11 is 0. The quantitative estimate of drug-likeness (QED) is 0.229. The standard InChI is InChI=1S/C21H23N6O8P/c1-2-17(28)34-26-36(31,35-13-6-4-3-5-7-13)32-10-15-18(29)19(30)21(11-22,33-15)16-9-8-14-20(23)24-12-25-27(14)16/h3-9,12,15,18-19,29-30H,2,10H2,1H3,(H,26,31)(H2,23,24,25)/t15-,18-,19-,21+,36+/m1/s1. The van der Waals surface area contributed by atoms with Crippen LogP contribution in [-0.4, -0.2) is 55.7 Å². The molecule has 4 rings (SSSR count). The number of benzene rings is 1. The van der Waals surface area contributed by atoms with Crippen molar-refractivity contribution in [1.82, 2.24) is 19.8 Å². The van der Waals surface area contributed by atoms with Crippen molar-refractivity contribution in [3.05, 3.63) is 54.5 Å². The first kappa shape index (κ1) is 25.5. The summed E-state index contributed by atoms with van der Waals surface area (Å²) < 4.78 is 31.1. The normalized spacial score (nSPS) is 25.2. The van der Waals surface area contributed by atoms with Crippen molar-refractivity contribution in [2.75, 3.05) is 12.3 Å². The van der Waals surface area contributed by atoms with Crippen molar-refractivity contribution in [3.63, 3.8) is 0 Å². The highest BCUT2D eigenvalue weighted by Crippen LogP contribution is 2.46. The minimum Gasteiger partial charge on any atom is -0.411 e. The molecule has 15 heteroatoms. The van der Waals surface area contributed by atoms with Crippen LogP contribution in [0.4, 0.5) is 5.82 Å².